The fourth-order valence-corrected chi connectivity index (χ4v) is 7.45. The van der Waals surface area contributed by atoms with Crippen LogP contribution < -0.4 is 5.32 Å². The number of amides is 1. The molecule has 2 aliphatic rings. The van der Waals surface area contributed by atoms with Gasteiger partial charge in [0.25, 0.3) is 0 Å². The SMILES string of the molecule is CCN1CCC(C#N)(NC(=O)O)CC1.O=S(=O)(c1ccc(Cl)cc1Cl)[C@H]1CC[C@H](OCc2ccc(Cl)cc2)C1. The van der Waals surface area contributed by atoms with E-state index in [1.165, 1.54) is 12.1 Å². The van der Waals surface area contributed by atoms with Crippen molar-refractivity contribution in [1.82, 2.24) is 10.2 Å². The first-order valence-electron chi connectivity index (χ1n) is 12.7. The number of sulfone groups is 1. The van der Waals surface area contributed by atoms with Crippen molar-refractivity contribution in [2.24, 2.45) is 0 Å². The van der Waals surface area contributed by atoms with E-state index in [1.54, 1.807) is 6.07 Å². The number of carbonyl (C=O) groups is 1. The van der Waals surface area contributed by atoms with Crippen LogP contribution in [-0.2, 0) is 21.2 Å². The maximum Gasteiger partial charge on any atom is 0.405 e. The summed E-state index contributed by atoms with van der Waals surface area (Å²) in [6.07, 6.45) is 1.69. The second-order valence-electron chi connectivity index (χ2n) is 9.67. The van der Waals surface area contributed by atoms with Gasteiger partial charge in [0.1, 0.15) is 5.54 Å². The molecule has 39 heavy (non-hydrogen) atoms. The number of carboxylic acid groups (broad SMARTS) is 1. The van der Waals surface area contributed by atoms with Gasteiger partial charge in [0.2, 0.25) is 0 Å². The van der Waals surface area contributed by atoms with Crippen molar-refractivity contribution in [2.45, 2.75) is 67.4 Å². The van der Waals surface area contributed by atoms with Gasteiger partial charge in [0.05, 0.1) is 33.9 Å². The van der Waals surface area contributed by atoms with E-state index in [1.807, 2.05) is 24.3 Å². The maximum atomic E-state index is 12.8. The van der Waals surface area contributed by atoms with Crippen molar-refractivity contribution < 1.29 is 23.1 Å². The van der Waals surface area contributed by atoms with Gasteiger partial charge in [-0.3, -0.25) is 0 Å². The highest BCUT2D eigenvalue weighted by molar-refractivity contribution is 7.92. The lowest BCUT2D eigenvalue weighted by Crippen LogP contribution is -2.54. The first-order chi connectivity index (χ1) is 18.5. The number of benzene rings is 2. The van der Waals surface area contributed by atoms with Crippen molar-refractivity contribution in [1.29, 1.82) is 5.26 Å². The van der Waals surface area contributed by atoms with Crippen LogP contribution in [0.5, 0.6) is 0 Å². The van der Waals surface area contributed by atoms with E-state index in [2.05, 4.69) is 23.2 Å². The van der Waals surface area contributed by atoms with E-state index in [0.29, 0.717) is 48.8 Å². The summed E-state index contributed by atoms with van der Waals surface area (Å²) in [7, 11) is -3.50. The fraction of sp³-hybridized carbons (Fsp3) is 0.481. The first kappa shape index (κ1) is 31.5. The smallest absolute Gasteiger partial charge is 0.405 e. The van der Waals surface area contributed by atoms with Crippen LogP contribution in [0.1, 0.15) is 44.6 Å². The molecule has 0 unspecified atom stereocenters. The highest BCUT2D eigenvalue weighted by Gasteiger charge is 2.37. The van der Waals surface area contributed by atoms with Crippen molar-refractivity contribution in [3.8, 4) is 6.07 Å². The highest BCUT2D eigenvalue weighted by atomic mass is 35.5. The molecule has 2 N–H and O–H groups in total. The quantitative estimate of drug-likeness (QED) is 0.381. The third kappa shape index (κ3) is 8.71. The minimum absolute atomic E-state index is 0.0819. The lowest BCUT2D eigenvalue weighted by Gasteiger charge is -2.36. The summed E-state index contributed by atoms with van der Waals surface area (Å²) in [5.74, 6) is 0. The predicted octanol–water partition coefficient (Wildman–Crippen LogP) is 6.19. The molecular weight excluding hydrogens is 585 g/mol. The first-order valence-corrected chi connectivity index (χ1v) is 15.4. The number of hydrogen-bond donors (Lipinski definition) is 2. The van der Waals surface area contributed by atoms with Crippen LogP contribution in [0.2, 0.25) is 15.1 Å². The molecule has 1 aliphatic carbocycles. The Balaban J connectivity index is 0.000000255. The Morgan fingerprint density at radius 2 is 1.77 bits per heavy atom. The van der Waals surface area contributed by atoms with Gasteiger partial charge < -0.3 is 20.1 Å². The van der Waals surface area contributed by atoms with Gasteiger partial charge in [-0.1, -0.05) is 53.9 Å². The lowest BCUT2D eigenvalue weighted by atomic mass is 9.89. The van der Waals surface area contributed by atoms with Crippen LogP contribution in [0.3, 0.4) is 0 Å². The van der Waals surface area contributed by atoms with Crippen molar-refractivity contribution in [2.75, 3.05) is 19.6 Å². The van der Waals surface area contributed by atoms with Gasteiger partial charge in [0.15, 0.2) is 9.84 Å². The van der Waals surface area contributed by atoms with Crippen LogP contribution in [-0.4, -0.2) is 61.0 Å². The summed E-state index contributed by atoms with van der Waals surface area (Å²) < 4.78 is 31.5. The van der Waals surface area contributed by atoms with Gasteiger partial charge >= 0.3 is 6.09 Å². The number of nitrogens with one attached hydrogen (secondary N) is 1. The number of nitrogens with zero attached hydrogens (tertiary/aromatic N) is 2. The molecule has 1 aliphatic heterocycles. The van der Waals surface area contributed by atoms with Gasteiger partial charge in [-0.2, -0.15) is 5.26 Å². The van der Waals surface area contributed by atoms with E-state index in [-0.39, 0.29) is 16.0 Å². The number of ether oxygens (including phenoxy) is 1. The molecule has 1 saturated carbocycles. The molecule has 2 fully saturated rings. The number of halogens is 3. The zero-order chi connectivity index (χ0) is 28.6. The summed E-state index contributed by atoms with van der Waals surface area (Å²) >= 11 is 17.8. The number of nitriles is 1. The maximum absolute atomic E-state index is 12.8. The molecule has 2 atom stereocenters. The van der Waals surface area contributed by atoms with Crippen molar-refractivity contribution >= 4 is 50.7 Å². The van der Waals surface area contributed by atoms with Crippen LogP contribution >= 0.6 is 34.8 Å². The molecule has 0 spiro atoms. The summed E-state index contributed by atoms with van der Waals surface area (Å²) in [6, 6.07) is 14.0. The van der Waals surface area contributed by atoms with Crippen LogP contribution in [0.15, 0.2) is 47.4 Å². The van der Waals surface area contributed by atoms with E-state index >= 15 is 0 Å². The van der Waals surface area contributed by atoms with Crippen LogP contribution in [0, 0.1) is 11.3 Å². The topological polar surface area (TPSA) is 120 Å². The number of likely N-dealkylation sites (tertiary alicyclic amines) is 1. The molecule has 12 heteroatoms. The zero-order valence-electron chi connectivity index (χ0n) is 21.6. The monoisotopic (exact) mass is 615 g/mol. The number of piperidine rings is 1. The summed E-state index contributed by atoms with van der Waals surface area (Å²) in [5.41, 5.74) is 0.147. The molecule has 0 aromatic heterocycles. The number of hydrogen-bond acceptors (Lipinski definition) is 6. The highest BCUT2D eigenvalue weighted by Crippen LogP contribution is 2.35. The van der Waals surface area contributed by atoms with Crippen LogP contribution in [0.25, 0.3) is 0 Å². The fourth-order valence-electron chi connectivity index (χ4n) is 4.73. The lowest BCUT2D eigenvalue weighted by molar-refractivity contribution is 0.0458. The van der Waals surface area contributed by atoms with Gasteiger partial charge in [-0.05, 0) is 74.5 Å². The Kier molecular flexibility index (Phi) is 11.3. The minimum Gasteiger partial charge on any atom is -0.465 e. The summed E-state index contributed by atoms with van der Waals surface area (Å²) in [5, 5.41) is 20.7. The molecule has 1 amide bonds. The molecule has 2 aromatic rings. The zero-order valence-corrected chi connectivity index (χ0v) is 24.7. The number of rotatable bonds is 7. The molecule has 1 saturated heterocycles. The average molecular weight is 617 g/mol. The largest absolute Gasteiger partial charge is 0.465 e. The summed E-state index contributed by atoms with van der Waals surface area (Å²) in [6.45, 7) is 5.02. The van der Waals surface area contributed by atoms with E-state index in [9.17, 15) is 13.2 Å². The Labute approximate surface area is 244 Å². The Bertz CT molecular complexity index is 1280. The molecule has 212 valence electrons. The second-order valence-corrected chi connectivity index (χ2v) is 13.1. The molecule has 0 bridgehead atoms. The van der Waals surface area contributed by atoms with E-state index in [4.69, 9.17) is 49.9 Å². The molecule has 2 aromatic carbocycles. The minimum atomic E-state index is -3.50. The average Bonchev–Trinajstić information content (AvgIpc) is 3.39. The molecule has 1 heterocycles. The third-order valence-corrected chi connectivity index (χ3v) is 10.3. The van der Waals surface area contributed by atoms with Crippen molar-refractivity contribution in [3.63, 3.8) is 0 Å². The van der Waals surface area contributed by atoms with Crippen molar-refractivity contribution in [3.05, 3.63) is 63.1 Å². The summed E-state index contributed by atoms with van der Waals surface area (Å²) in [4.78, 5) is 12.9. The van der Waals surface area contributed by atoms with E-state index < -0.39 is 26.7 Å². The normalized spacial score (nSPS) is 20.9. The molecular formula is C27H32Cl3N3O5S. The van der Waals surface area contributed by atoms with E-state index in [0.717, 1.165) is 25.2 Å². The third-order valence-electron chi connectivity index (χ3n) is 7.09. The van der Waals surface area contributed by atoms with Crippen LogP contribution in [0.4, 0.5) is 4.79 Å². The Hall–Kier alpha value is -2.06. The molecule has 4 rings (SSSR count). The van der Waals surface area contributed by atoms with Gasteiger partial charge in [-0.15, -0.1) is 0 Å². The predicted molar refractivity (Wildman–Crippen MR) is 152 cm³/mol. The Morgan fingerprint density at radius 3 is 2.33 bits per heavy atom. The standard InChI is InChI=1S/C18H17Cl3O3S.C9H15N3O2/c19-13-3-1-12(2-4-13)11-24-15-6-7-16(10-15)25(22,23)18-8-5-14(20)9-17(18)21;1-2-12-5-3-9(7-10,4-6-12)11-8(13)14/h1-5,8-9,15-16H,6-7,10-11H2;11H,2-6H2,1H3,(H,13,14)/t15-,16-;/m0./s1. The second kappa shape index (κ2) is 14.0. The Morgan fingerprint density at radius 1 is 1.13 bits per heavy atom. The molecule has 8 nitrogen and oxygen atoms in total. The van der Waals surface area contributed by atoms with Gasteiger partial charge in [0, 0.05) is 23.1 Å². The van der Waals surface area contributed by atoms with Gasteiger partial charge in [-0.25, -0.2) is 13.2 Å². The molecule has 0 radical (unpaired) electrons.